The van der Waals surface area contributed by atoms with Gasteiger partial charge < -0.3 is 24.8 Å². The molecule has 2 aromatic carbocycles. The van der Waals surface area contributed by atoms with Gasteiger partial charge in [-0.15, -0.1) is 0 Å². The van der Waals surface area contributed by atoms with Crippen molar-refractivity contribution in [2.24, 2.45) is 0 Å². The fraction of sp³-hybridized carbons (Fsp3) is 0.100. The van der Waals surface area contributed by atoms with E-state index in [0.29, 0.717) is 3.63 Å². The van der Waals surface area contributed by atoms with Crippen LogP contribution in [0.15, 0.2) is 57.9 Å². The van der Waals surface area contributed by atoms with E-state index in [0.717, 1.165) is 5.75 Å². The van der Waals surface area contributed by atoms with Crippen LogP contribution in [0.2, 0.25) is 0 Å². The summed E-state index contributed by atoms with van der Waals surface area (Å²) >= 11 is 3.43. The molecule has 0 saturated heterocycles. The Morgan fingerprint density at radius 2 is 1.81 bits per heavy atom. The molecule has 1 aliphatic heterocycles. The monoisotopic (exact) mass is 556 g/mol. The molecule has 0 bridgehead atoms. The summed E-state index contributed by atoms with van der Waals surface area (Å²) < 4.78 is 3.24. The summed E-state index contributed by atoms with van der Waals surface area (Å²) in [6, 6.07) is 15.5. The maximum atomic E-state index is 6.26. The Bertz CT molecular complexity index is 1010. The third-order valence-corrected chi connectivity index (χ3v) is 14.7. The van der Waals surface area contributed by atoms with Gasteiger partial charge in [0, 0.05) is 0 Å². The fourth-order valence-corrected chi connectivity index (χ4v) is 12.4. The zero-order chi connectivity index (χ0) is 16.3. The number of fused-ring (bicyclic) bond motifs is 4. The van der Waals surface area contributed by atoms with Crippen molar-refractivity contribution < 1.29 is 44.5 Å². The molecule has 2 aliphatic carbocycles. The number of hydrogen-bond donors (Lipinski definition) is 0. The van der Waals surface area contributed by atoms with E-state index in [2.05, 4.69) is 76.6 Å². The molecular weight excluding hydrogens is 546 g/mol. The molecule has 5 rings (SSSR count). The van der Waals surface area contributed by atoms with Crippen LogP contribution in [0.5, 0.6) is 0 Å². The van der Waals surface area contributed by atoms with Crippen molar-refractivity contribution >= 4 is 57.5 Å². The summed E-state index contributed by atoms with van der Waals surface area (Å²) in [4.78, 5) is 0. The molecule has 26 heavy (non-hydrogen) atoms. The van der Waals surface area contributed by atoms with Gasteiger partial charge in [0.2, 0.25) is 0 Å². The third-order valence-electron chi connectivity index (χ3n) is 4.90. The average molecular weight is 559 g/mol. The van der Waals surface area contributed by atoms with Gasteiger partial charge in [0.25, 0.3) is 0 Å². The summed E-state index contributed by atoms with van der Waals surface area (Å²) in [5, 5.41) is 0. The molecule has 1 heterocycles. The third kappa shape index (κ3) is 3.25. The van der Waals surface area contributed by atoms with Crippen LogP contribution in [-0.4, -0.2) is 5.75 Å². The molecular formula is C20H13BrCl2S2Zr. The first-order valence-corrected chi connectivity index (χ1v) is 15.8. The van der Waals surface area contributed by atoms with E-state index in [1.54, 1.807) is 0 Å². The van der Waals surface area contributed by atoms with Crippen LogP contribution in [0, 0.1) is 0 Å². The zero-order valence-electron chi connectivity index (χ0n) is 13.5. The molecule has 6 heteroatoms. The first-order valence-electron chi connectivity index (χ1n) is 7.92. The van der Waals surface area contributed by atoms with Crippen molar-refractivity contribution in [2.75, 3.05) is 5.75 Å². The van der Waals surface area contributed by atoms with Gasteiger partial charge in [-0.05, 0) is 0 Å². The van der Waals surface area contributed by atoms with Gasteiger partial charge >= 0.3 is 167 Å². The Kier molecular flexibility index (Phi) is 6.65. The average Bonchev–Trinajstić information content (AvgIpc) is 3.28. The first-order chi connectivity index (χ1) is 11.7. The van der Waals surface area contributed by atoms with Crippen molar-refractivity contribution in [1.82, 2.24) is 0 Å². The van der Waals surface area contributed by atoms with Crippen molar-refractivity contribution in [3.05, 3.63) is 80.2 Å². The van der Waals surface area contributed by atoms with E-state index >= 15 is 0 Å². The van der Waals surface area contributed by atoms with Crippen molar-refractivity contribution in [1.29, 1.82) is 0 Å². The van der Waals surface area contributed by atoms with Gasteiger partial charge in [-0.3, -0.25) is 0 Å². The van der Waals surface area contributed by atoms with Gasteiger partial charge in [-0.1, -0.05) is 0 Å². The molecule has 0 spiro atoms. The minimum absolute atomic E-state index is 0. The second-order valence-corrected chi connectivity index (χ2v) is 15.8. The second kappa shape index (κ2) is 8.27. The number of halogens is 3. The molecule has 0 radical (unpaired) electrons. The second-order valence-electron chi connectivity index (χ2n) is 6.21. The van der Waals surface area contributed by atoms with E-state index in [9.17, 15) is 0 Å². The Balaban J connectivity index is 0.000000980. The molecule has 1 atom stereocenters. The van der Waals surface area contributed by atoms with E-state index in [-0.39, 0.29) is 24.8 Å². The SMILES string of the molecule is [Cl-].[Cl-].[S]=[Zr+2]([c]1cccc2c1C1=C(Br)SCC1=C2)[CH]1C=Cc2ccccc21. The van der Waals surface area contributed by atoms with E-state index in [4.69, 9.17) is 8.86 Å². The molecule has 0 aromatic heterocycles. The zero-order valence-corrected chi connectivity index (χ0v) is 20.7. The van der Waals surface area contributed by atoms with E-state index in [1.807, 2.05) is 11.8 Å². The fourth-order valence-electron chi connectivity index (χ4n) is 3.79. The van der Waals surface area contributed by atoms with Crippen LogP contribution in [0.25, 0.3) is 17.7 Å². The molecule has 130 valence electrons. The molecule has 0 amide bonds. The maximum absolute atomic E-state index is 6.26. The number of rotatable bonds is 2. The van der Waals surface area contributed by atoms with E-state index in [1.165, 1.54) is 40.5 Å². The Morgan fingerprint density at radius 1 is 1.04 bits per heavy atom. The summed E-state index contributed by atoms with van der Waals surface area (Å²) in [5.41, 5.74) is 8.49. The standard InChI is InChI=1S/C11H6BrS.C9H7.2ClH.S.Zr/c12-11-10-8(6-13-11)5-7-3-1-2-4-9(7)10;1-2-5-9-7-3-6-8(9)4-1;;;;/h1-3,5H,6H2;1-7H;2*1H;;/q;;;;;+2/p-2. The Hall–Kier alpha value is 0.173. The van der Waals surface area contributed by atoms with Crippen molar-refractivity contribution in [3.63, 3.8) is 0 Å². The first kappa shape index (κ1) is 20.9. The summed E-state index contributed by atoms with van der Waals surface area (Å²) in [5.74, 6) is 1.08. The molecule has 0 fully saturated rings. The van der Waals surface area contributed by atoms with Crippen LogP contribution in [0.3, 0.4) is 0 Å². The predicted octanol–water partition coefficient (Wildman–Crippen LogP) is 0.0260. The van der Waals surface area contributed by atoms with Crippen LogP contribution in [-0.2, 0) is 19.7 Å². The van der Waals surface area contributed by atoms with Gasteiger partial charge in [-0.25, -0.2) is 0 Å². The molecule has 0 N–H and O–H groups in total. The van der Waals surface area contributed by atoms with Crippen LogP contribution in [0.4, 0.5) is 0 Å². The van der Waals surface area contributed by atoms with Crippen LogP contribution < -0.4 is 28.1 Å². The number of benzene rings is 2. The van der Waals surface area contributed by atoms with Gasteiger partial charge in [0.05, 0.1) is 0 Å². The van der Waals surface area contributed by atoms with Crippen LogP contribution >= 0.6 is 36.5 Å². The quantitative estimate of drug-likeness (QED) is 0.510. The normalized spacial score (nSPS) is 18.2. The predicted molar refractivity (Wildman–Crippen MR) is 108 cm³/mol. The Morgan fingerprint density at radius 3 is 2.65 bits per heavy atom. The van der Waals surface area contributed by atoms with Gasteiger partial charge in [0.1, 0.15) is 0 Å². The van der Waals surface area contributed by atoms with Gasteiger partial charge in [0.15, 0.2) is 0 Å². The van der Waals surface area contributed by atoms with Crippen molar-refractivity contribution in [3.8, 4) is 0 Å². The van der Waals surface area contributed by atoms with Crippen molar-refractivity contribution in [2.45, 2.75) is 3.63 Å². The summed E-state index contributed by atoms with van der Waals surface area (Å²) in [7, 11) is 6.26. The van der Waals surface area contributed by atoms with Gasteiger partial charge in [-0.2, -0.15) is 0 Å². The number of allylic oxidation sites excluding steroid dienone is 2. The Labute approximate surface area is 189 Å². The number of thioether (sulfide) groups is 1. The molecule has 1 unspecified atom stereocenters. The summed E-state index contributed by atoms with van der Waals surface area (Å²) in [6.07, 6.45) is 6.99. The van der Waals surface area contributed by atoms with Crippen LogP contribution in [0.1, 0.15) is 25.9 Å². The molecule has 0 saturated carbocycles. The molecule has 3 aliphatic rings. The molecule has 2 aromatic rings. The summed E-state index contributed by atoms with van der Waals surface area (Å²) in [6.45, 7) is 0. The molecule has 0 nitrogen and oxygen atoms in total. The topological polar surface area (TPSA) is 0 Å². The van der Waals surface area contributed by atoms with E-state index < -0.39 is 19.7 Å². The number of hydrogen-bond acceptors (Lipinski definition) is 2. The minimum atomic E-state index is -2.25.